The van der Waals surface area contributed by atoms with Crippen LogP contribution in [0.1, 0.15) is 12.0 Å². The van der Waals surface area contributed by atoms with Crippen LogP contribution in [0, 0.1) is 0 Å². The number of benzene rings is 1. The van der Waals surface area contributed by atoms with Crippen molar-refractivity contribution in [3.05, 3.63) is 35.9 Å². The summed E-state index contributed by atoms with van der Waals surface area (Å²) in [7, 11) is 0. The second kappa shape index (κ2) is 5.80. The average Bonchev–Trinajstić information content (AvgIpc) is 2.25. The van der Waals surface area contributed by atoms with Crippen LogP contribution in [0.5, 0.6) is 0 Å². The molecule has 0 heterocycles. The van der Waals surface area contributed by atoms with E-state index in [0.717, 1.165) is 5.56 Å². The first-order valence-corrected chi connectivity index (χ1v) is 4.71. The van der Waals surface area contributed by atoms with Crippen LogP contribution < -0.4 is 5.32 Å². The first-order chi connectivity index (χ1) is 7.18. The lowest BCUT2D eigenvalue weighted by Crippen LogP contribution is -2.29. The smallest absolute Gasteiger partial charge is 0.322 e. The van der Waals surface area contributed by atoms with Gasteiger partial charge in [-0.05, 0) is 12.0 Å². The maximum Gasteiger partial charge on any atom is 0.322 e. The van der Waals surface area contributed by atoms with Gasteiger partial charge in [-0.1, -0.05) is 30.3 Å². The number of nitrogens with one attached hydrogen (secondary N) is 1. The van der Waals surface area contributed by atoms with Gasteiger partial charge in [0.25, 0.3) is 0 Å². The Bertz CT molecular complexity index is 335. The maximum absolute atomic E-state index is 11.1. The monoisotopic (exact) mass is 209 g/mol. The van der Waals surface area contributed by atoms with Crippen molar-refractivity contribution in [2.45, 2.75) is 12.8 Å². The summed E-state index contributed by atoms with van der Waals surface area (Å²) in [6.07, 6.45) is 0.948. The minimum atomic E-state index is -1.02. The van der Waals surface area contributed by atoms with E-state index in [4.69, 9.17) is 5.11 Å². The quantitative estimate of drug-likeness (QED) is 0.705. The molecule has 0 spiro atoms. The summed E-state index contributed by atoms with van der Waals surface area (Å²) in [5.41, 5.74) is 1.07. The molecule has 0 saturated carbocycles. The van der Waals surface area contributed by atoms with Gasteiger partial charge < -0.3 is 10.4 Å². The number of carbonyl (C=O) groups excluding carboxylic acids is 1. The van der Waals surface area contributed by atoms with Gasteiger partial charge in [-0.3, -0.25) is 9.59 Å². The van der Waals surface area contributed by atoms with Gasteiger partial charge in [-0.15, -0.1) is 0 Å². The largest absolute Gasteiger partial charge is 0.480 e. The summed E-state index contributed by atoms with van der Waals surface area (Å²) >= 11 is 0. The van der Waals surface area contributed by atoms with Crippen molar-refractivity contribution < 1.29 is 14.7 Å². The van der Waals surface area contributed by atoms with Crippen molar-refractivity contribution in [1.82, 2.24) is 5.32 Å². The van der Waals surface area contributed by atoms with Gasteiger partial charge in [0, 0.05) is 6.42 Å². The lowest BCUT2D eigenvalue weighted by atomic mass is 10.1. The Hall–Kier alpha value is -1.84. The molecular formula is C11H13NO3. The highest BCUT2D eigenvalue weighted by Crippen LogP contribution is 2.01. The van der Waals surface area contributed by atoms with E-state index in [1.807, 2.05) is 30.3 Å². The van der Waals surface area contributed by atoms with Crippen LogP contribution in [0.15, 0.2) is 30.3 Å². The summed E-state index contributed by atoms with van der Waals surface area (Å²) in [5.74, 6) is -1.26. The summed E-state index contributed by atoms with van der Waals surface area (Å²) in [4.78, 5) is 21.3. The first kappa shape index (κ1) is 11.2. The highest BCUT2D eigenvalue weighted by molar-refractivity contribution is 5.81. The Morgan fingerprint density at radius 3 is 2.47 bits per heavy atom. The molecule has 0 saturated heterocycles. The number of aryl methyl sites for hydroxylation is 1. The third-order valence-corrected chi connectivity index (χ3v) is 1.92. The molecule has 15 heavy (non-hydrogen) atoms. The summed E-state index contributed by atoms with van der Waals surface area (Å²) in [6.45, 7) is -0.312. The topological polar surface area (TPSA) is 66.4 Å². The molecule has 0 unspecified atom stereocenters. The Kier molecular flexibility index (Phi) is 4.34. The van der Waals surface area contributed by atoms with Crippen molar-refractivity contribution in [1.29, 1.82) is 0 Å². The SMILES string of the molecule is O=C(CCc1ccccc1)N[13CH2][13C](=O)O. The Labute approximate surface area is 87.9 Å². The molecule has 0 aliphatic rings. The third kappa shape index (κ3) is 4.81. The average molecular weight is 209 g/mol. The molecule has 1 amide bonds. The predicted octanol–water partition coefficient (Wildman–Crippen LogP) is 0.820. The van der Waals surface area contributed by atoms with E-state index in [0.29, 0.717) is 12.8 Å². The van der Waals surface area contributed by atoms with E-state index in [1.165, 1.54) is 0 Å². The van der Waals surface area contributed by atoms with Gasteiger partial charge in [-0.2, -0.15) is 0 Å². The summed E-state index contributed by atoms with van der Waals surface area (Å²) < 4.78 is 0. The van der Waals surface area contributed by atoms with E-state index in [9.17, 15) is 9.59 Å². The van der Waals surface area contributed by atoms with Crippen LogP contribution in [-0.2, 0) is 16.0 Å². The summed E-state index contributed by atoms with van der Waals surface area (Å²) in [5, 5.41) is 10.6. The highest BCUT2D eigenvalue weighted by atomic mass is 16.5. The minimum Gasteiger partial charge on any atom is -0.480 e. The number of amides is 1. The molecule has 1 aromatic rings. The van der Waals surface area contributed by atoms with Gasteiger partial charge in [0.05, 0.1) is 0 Å². The standard InChI is InChI=1S/C11H13NO3/c13-10(12-8-11(14)15)7-6-9-4-2-1-3-5-9/h1-5H,6-8H2,(H,12,13)(H,14,15)/i8+1,11+1. The summed E-state index contributed by atoms with van der Waals surface area (Å²) in [6, 6.07) is 9.60. The lowest BCUT2D eigenvalue weighted by Gasteiger charge is -2.02. The Balaban J connectivity index is 2.26. The van der Waals surface area contributed by atoms with Gasteiger partial charge >= 0.3 is 5.97 Å². The second-order valence-electron chi connectivity index (χ2n) is 3.16. The van der Waals surface area contributed by atoms with Crippen molar-refractivity contribution >= 4 is 11.9 Å². The van der Waals surface area contributed by atoms with Gasteiger partial charge in [-0.25, -0.2) is 0 Å². The molecule has 1 rings (SSSR count). The zero-order chi connectivity index (χ0) is 11.1. The van der Waals surface area contributed by atoms with Gasteiger partial charge in [0.15, 0.2) is 0 Å². The van der Waals surface area contributed by atoms with Crippen LogP contribution in [0.2, 0.25) is 0 Å². The maximum atomic E-state index is 11.1. The zero-order valence-electron chi connectivity index (χ0n) is 8.27. The van der Waals surface area contributed by atoms with Crippen molar-refractivity contribution in [2.75, 3.05) is 6.54 Å². The van der Waals surface area contributed by atoms with Gasteiger partial charge in [0.2, 0.25) is 5.91 Å². The fourth-order valence-electron chi connectivity index (χ4n) is 1.17. The fraction of sp³-hybridized carbons (Fsp3) is 0.273. The highest BCUT2D eigenvalue weighted by Gasteiger charge is 2.03. The van der Waals surface area contributed by atoms with Gasteiger partial charge in [0.1, 0.15) is 6.54 Å². The van der Waals surface area contributed by atoms with Crippen LogP contribution in [0.25, 0.3) is 0 Å². The molecular weight excluding hydrogens is 196 g/mol. The van der Waals surface area contributed by atoms with E-state index in [-0.39, 0.29) is 12.5 Å². The van der Waals surface area contributed by atoms with E-state index >= 15 is 0 Å². The number of rotatable bonds is 5. The molecule has 0 atom stereocenters. The third-order valence-electron chi connectivity index (χ3n) is 1.92. The van der Waals surface area contributed by atoms with Crippen LogP contribution in [-0.4, -0.2) is 23.5 Å². The van der Waals surface area contributed by atoms with Crippen LogP contribution >= 0.6 is 0 Å². The Morgan fingerprint density at radius 2 is 1.87 bits per heavy atom. The molecule has 0 aromatic heterocycles. The molecule has 4 nitrogen and oxygen atoms in total. The van der Waals surface area contributed by atoms with E-state index in [1.54, 1.807) is 0 Å². The fourth-order valence-corrected chi connectivity index (χ4v) is 1.17. The number of carboxylic acid groups (broad SMARTS) is 1. The minimum absolute atomic E-state index is 0.235. The normalized spacial score (nSPS) is 9.60. The molecule has 0 aliphatic heterocycles. The lowest BCUT2D eigenvalue weighted by molar-refractivity contribution is -0.137. The number of carbonyl (C=O) groups is 2. The molecule has 0 fully saturated rings. The number of aliphatic carboxylic acids is 1. The second-order valence-corrected chi connectivity index (χ2v) is 3.16. The molecule has 1 aromatic carbocycles. The van der Waals surface area contributed by atoms with Crippen LogP contribution in [0.4, 0.5) is 0 Å². The molecule has 0 aliphatic carbocycles. The molecule has 2 N–H and O–H groups in total. The molecule has 80 valence electrons. The van der Waals surface area contributed by atoms with Crippen molar-refractivity contribution in [3.63, 3.8) is 0 Å². The predicted molar refractivity (Wildman–Crippen MR) is 55.4 cm³/mol. The van der Waals surface area contributed by atoms with E-state index < -0.39 is 5.97 Å². The Morgan fingerprint density at radius 1 is 1.20 bits per heavy atom. The van der Waals surface area contributed by atoms with Crippen LogP contribution in [0.3, 0.4) is 0 Å². The van der Waals surface area contributed by atoms with Crippen molar-refractivity contribution in [2.24, 2.45) is 0 Å². The zero-order valence-corrected chi connectivity index (χ0v) is 8.27. The number of hydrogen-bond acceptors (Lipinski definition) is 2. The number of carboxylic acids is 1. The molecule has 0 bridgehead atoms. The molecule has 4 heteroatoms. The molecule has 0 radical (unpaired) electrons. The first-order valence-electron chi connectivity index (χ1n) is 4.71. The van der Waals surface area contributed by atoms with Crippen molar-refractivity contribution in [3.8, 4) is 0 Å². The number of hydrogen-bond donors (Lipinski definition) is 2. The van der Waals surface area contributed by atoms with E-state index in [2.05, 4.69) is 5.32 Å².